The predicted molar refractivity (Wildman–Crippen MR) is 74.5 cm³/mol. The first-order valence-corrected chi connectivity index (χ1v) is 6.70. The lowest BCUT2D eigenvalue weighted by Gasteiger charge is -2.08. The van der Waals surface area contributed by atoms with Crippen LogP contribution in [0.15, 0.2) is 23.4 Å². The van der Waals surface area contributed by atoms with Gasteiger partial charge >= 0.3 is 0 Å². The van der Waals surface area contributed by atoms with E-state index in [2.05, 4.69) is 12.1 Å². The zero-order valence-electron chi connectivity index (χ0n) is 11.3. The van der Waals surface area contributed by atoms with Crippen LogP contribution in [0.1, 0.15) is 56.6 Å². The van der Waals surface area contributed by atoms with Crippen LogP contribution in [-0.2, 0) is 0 Å². The van der Waals surface area contributed by atoms with Crippen LogP contribution in [0.2, 0.25) is 0 Å². The molecule has 0 radical (unpaired) electrons. The largest absolute Gasteiger partial charge is 0.507 e. The minimum atomic E-state index is 0.182. The maximum Gasteiger partial charge on any atom is 0.124 e. The highest BCUT2D eigenvalue weighted by molar-refractivity contribution is 6.02. The first kappa shape index (κ1) is 14.6. The number of benzene rings is 1. The number of oxime groups is 1. The smallest absolute Gasteiger partial charge is 0.124 e. The zero-order valence-corrected chi connectivity index (χ0v) is 11.3. The fourth-order valence-corrected chi connectivity index (χ4v) is 2.02. The van der Waals surface area contributed by atoms with Crippen LogP contribution < -0.4 is 0 Å². The van der Waals surface area contributed by atoms with Gasteiger partial charge in [-0.25, -0.2) is 0 Å². The van der Waals surface area contributed by atoms with Gasteiger partial charge in [0, 0.05) is 5.56 Å². The molecule has 0 fully saturated rings. The number of hydrogen-bond donors (Lipinski definition) is 2. The third kappa shape index (κ3) is 4.40. The Hall–Kier alpha value is -1.51. The van der Waals surface area contributed by atoms with Gasteiger partial charge in [0.15, 0.2) is 0 Å². The van der Waals surface area contributed by atoms with E-state index in [1.807, 2.05) is 19.1 Å². The highest BCUT2D eigenvalue weighted by atomic mass is 16.4. The predicted octanol–water partition coefficient (Wildman–Crippen LogP) is 4.24. The molecule has 2 N–H and O–H groups in total. The number of aromatic hydroxyl groups is 1. The molecule has 1 rings (SSSR count). The molecule has 18 heavy (non-hydrogen) atoms. The molecule has 0 saturated heterocycles. The lowest BCUT2D eigenvalue weighted by Crippen LogP contribution is -2.02. The number of aryl methyl sites for hydroxylation is 1. The molecule has 3 nitrogen and oxygen atoms in total. The Morgan fingerprint density at radius 1 is 1.17 bits per heavy atom. The molecule has 0 heterocycles. The van der Waals surface area contributed by atoms with Crippen LogP contribution in [0.3, 0.4) is 0 Å². The molecule has 1 aromatic carbocycles. The highest BCUT2D eigenvalue weighted by Gasteiger charge is 2.09. The molecular formula is C15H23NO2. The molecule has 0 aliphatic heterocycles. The summed E-state index contributed by atoms with van der Waals surface area (Å²) in [5, 5.41) is 22.2. The van der Waals surface area contributed by atoms with Crippen molar-refractivity contribution in [1.82, 2.24) is 0 Å². The van der Waals surface area contributed by atoms with E-state index in [1.165, 1.54) is 19.3 Å². The molecule has 100 valence electrons. The summed E-state index contributed by atoms with van der Waals surface area (Å²) in [6.45, 7) is 4.14. The average molecular weight is 249 g/mol. The minimum absolute atomic E-state index is 0.182. The van der Waals surface area contributed by atoms with Gasteiger partial charge in [-0.2, -0.15) is 0 Å². The molecule has 3 heteroatoms. The third-order valence-electron chi connectivity index (χ3n) is 3.10. The Kier molecular flexibility index (Phi) is 6.26. The monoisotopic (exact) mass is 249 g/mol. The van der Waals surface area contributed by atoms with Gasteiger partial charge in [-0.1, -0.05) is 49.4 Å². The number of nitrogens with zero attached hydrogens (tertiary/aromatic N) is 1. The molecular weight excluding hydrogens is 226 g/mol. The standard InChI is InChI=1S/C15H23NO2/c1-3-4-5-6-7-8-14(16-18)13-11-12(2)9-10-15(13)17/h9-11,17-18H,3-8H2,1-2H3/b16-14+. The Morgan fingerprint density at radius 3 is 2.56 bits per heavy atom. The first-order valence-electron chi connectivity index (χ1n) is 6.70. The zero-order chi connectivity index (χ0) is 13.4. The molecule has 0 aromatic heterocycles. The normalized spacial score (nSPS) is 11.8. The van der Waals surface area contributed by atoms with Gasteiger partial charge in [0.25, 0.3) is 0 Å². The van der Waals surface area contributed by atoms with Crippen molar-refractivity contribution in [1.29, 1.82) is 0 Å². The quantitative estimate of drug-likeness (QED) is 0.329. The molecule has 1 aromatic rings. The van der Waals surface area contributed by atoms with E-state index in [0.29, 0.717) is 17.7 Å². The Labute approximate surface area is 109 Å². The maximum atomic E-state index is 9.79. The lowest BCUT2D eigenvalue weighted by molar-refractivity contribution is 0.317. The van der Waals surface area contributed by atoms with E-state index in [4.69, 9.17) is 5.21 Å². The van der Waals surface area contributed by atoms with Crippen molar-refractivity contribution in [3.05, 3.63) is 29.3 Å². The molecule has 0 bridgehead atoms. The fourth-order valence-electron chi connectivity index (χ4n) is 2.02. The number of unbranched alkanes of at least 4 members (excludes halogenated alkanes) is 4. The summed E-state index contributed by atoms with van der Waals surface area (Å²) >= 11 is 0. The third-order valence-corrected chi connectivity index (χ3v) is 3.10. The van der Waals surface area contributed by atoms with Gasteiger partial charge in [-0.15, -0.1) is 0 Å². The van der Waals surface area contributed by atoms with Gasteiger partial charge in [0.05, 0.1) is 5.71 Å². The van der Waals surface area contributed by atoms with E-state index >= 15 is 0 Å². The number of rotatable bonds is 7. The number of hydrogen-bond acceptors (Lipinski definition) is 3. The van der Waals surface area contributed by atoms with Crippen molar-refractivity contribution in [3.8, 4) is 5.75 Å². The number of phenols is 1. The van der Waals surface area contributed by atoms with Crippen LogP contribution in [0.4, 0.5) is 0 Å². The second-order valence-corrected chi connectivity index (χ2v) is 4.73. The van der Waals surface area contributed by atoms with E-state index < -0.39 is 0 Å². The van der Waals surface area contributed by atoms with E-state index in [9.17, 15) is 5.11 Å². The van der Waals surface area contributed by atoms with Gasteiger partial charge in [-0.3, -0.25) is 0 Å². The van der Waals surface area contributed by atoms with Gasteiger partial charge in [0.1, 0.15) is 5.75 Å². The number of phenolic OH excluding ortho intramolecular Hbond substituents is 1. The SMILES string of the molecule is CCCCCCC/C(=N\O)c1cc(C)ccc1O. The Morgan fingerprint density at radius 2 is 1.89 bits per heavy atom. The van der Waals surface area contributed by atoms with Crippen LogP contribution in [0, 0.1) is 6.92 Å². The van der Waals surface area contributed by atoms with Crippen LogP contribution in [0.25, 0.3) is 0 Å². The molecule has 0 aliphatic rings. The van der Waals surface area contributed by atoms with Crippen molar-refractivity contribution in [2.45, 2.75) is 52.4 Å². The second kappa shape index (κ2) is 7.75. The summed E-state index contributed by atoms with van der Waals surface area (Å²) in [6, 6.07) is 5.35. The Bertz CT molecular complexity index is 399. The van der Waals surface area contributed by atoms with Crippen molar-refractivity contribution in [3.63, 3.8) is 0 Å². The summed E-state index contributed by atoms with van der Waals surface area (Å²) in [7, 11) is 0. The van der Waals surface area contributed by atoms with Crippen molar-refractivity contribution in [2.24, 2.45) is 5.16 Å². The van der Waals surface area contributed by atoms with Gasteiger partial charge in [-0.05, 0) is 31.9 Å². The van der Waals surface area contributed by atoms with Crippen LogP contribution in [-0.4, -0.2) is 16.0 Å². The summed E-state index contributed by atoms with van der Waals surface area (Å²) in [6.07, 6.45) is 6.53. The topological polar surface area (TPSA) is 52.8 Å². The van der Waals surface area contributed by atoms with Crippen molar-refractivity contribution >= 4 is 5.71 Å². The molecule has 0 aliphatic carbocycles. The average Bonchev–Trinajstić information content (AvgIpc) is 2.37. The minimum Gasteiger partial charge on any atom is -0.507 e. The Balaban J connectivity index is 2.58. The second-order valence-electron chi connectivity index (χ2n) is 4.73. The molecule has 0 saturated carbocycles. The maximum absolute atomic E-state index is 9.79. The van der Waals surface area contributed by atoms with Crippen LogP contribution >= 0.6 is 0 Å². The lowest BCUT2D eigenvalue weighted by atomic mass is 10.0. The van der Waals surface area contributed by atoms with Gasteiger partial charge < -0.3 is 10.3 Å². The summed E-state index contributed by atoms with van der Waals surface area (Å²) in [5.41, 5.74) is 2.27. The molecule has 0 atom stereocenters. The fraction of sp³-hybridized carbons (Fsp3) is 0.533. The summed E-state index contributed by atoms with van der Waals surface area (Å²) in [5.74, 6) is 0.182. The first-order chi connectivity index (χ1) is 8.69. The van der Waals surface area contributed by atoms with E-state index in [0.717, 1.165) is 18.4 Å². The molecule has 0 amide bonds. The van der Waals surface area contributed by atoms with Gasteiger partial charge in [0.2, 0.25) is 0 Å². The summed E-state index contributed by atoms with van der Waals surface area (Å²) < 4.78 is 0. The van der Waals surface area contributed by atoms with E-state index in [1.54, 1.807) is 6.07 Å². The molecule has 0 spiro atoms. The van der Waals surface area contributed by atoms with E-state index in [-0.39, 0.29) is 5.75 Å². The highest BCUT2D eigenvalue weighted by Crippen LogP contribution is 2.21. The molecule has 0 unspecified atom stereocenters. The van der Waals surface area contributed by atoms with Crippen molar-refractivity contribution < 1.29 is 10.3 Å². The van der Waals surface area contributed by atoms with Crippen molar-refractivity contribution in [2.75, 3.05) is 0 Å². The van der Waals surface area contributed by atoms with Crippen LogP contribution in [0.5, 0.6) is 5.75 Å². The summed E-state index contributed by atoms with van der Waals surface area (Å²) in [4.78, 5) is 0.